The van der Waals surface area contributed by atoms with Gasteiger partial charge in [-0.05, 0) is 80.1 Å². The van der Waals surface area contributed by atoms with Gasteiger partial charge < -0.3 is 45.1 Å². The number of fused-ring (bicyclic) bond motifs is 3. The van der Waals surface area contributed by atoms with Gasteiger partial charge in [-0.15, -0.1) is 0 Å². The molecule has 4 N–H and O–H groups in total. The van der Waals surface area contributed by atoms with Crippen LogP contribution in [-0.4, -0.2) is 94.6 Å². The van der Waals surface area contributed by atoms with Gasteiger partial charge in [0.05, 0.1) is 37.5 Å². The lowest BCUT2D eigenvalue weighted by Crippen LogP contribution is -2.48. The highest BCUT2D eigenvalue weighted by molar-refractivity contribution is 6.11. The Balaban J connectivity index is 1.06. The van der Waals surface area contributed by atoms with E-state index in [0.29, 0.717) is 67.8 Å². The minimum Gasteiger partial charge on any atom is -0.453 e. The molecule has 4 aromatic carbocycles. The van der Waals surface area contributed by atoms with E-state index in [2.05, 4.69) is 25.8 Å². The fourth-order valence-corrected chi connectivity index (χ4v) is 8.88. The molecule has 16 heteroatoms. The zero-order valence-corrected chi connectivity index (χ0v) is 36.3. The summed E-state index contributed by atoms with van der Waals surface area (Å²) in [5, 5.41) is 13.2. The molecule has 6 aromatic rings. The van der Waals surface area contributed by atoms with E-state index in [4.69, 9.17) is 14.5 Å². The van der Waals surface area contributed by atoms with Gasteiger partial charge in [-0.3, -0.25) is 24.2 Å². The Bertz CT molecular complexity index is 2600. The second kappa shape index (κ2) is 19.3. The van der Waals surface area contributed by atoms with Crippen molar-refractivity contribution >= 4 is 69.0 Å². The van der Waals surface area contributed by atoms with Crippen molar-refractivity contribution in [1.29, 1.82) is 0 Å². The van der Waals surface area contributed by atoms with Crippen molar-refractivity contribution in [3.63, 3.8) is 0 Å². The highest BCUT2D eigenvalue weighted by Crippen LogP contribution is 2.35. The van der Waals surface area contributed by atoms with Crippen molar-refractivity contribution in [2.75, 3.05) is 37.9 Å². The van der Waals surface area contributed by atoms with Crippen LogP contribution in [0.15, 0.2) is 115 Å². The standard InChI is InChI=1S/C49H50N8O8/c1-30-13-10-18-35(50-30)29-57-40-27-33(51-44(58)38-19-11-25-55(38)46(60)42(53-48(62)64-2)31-14-6-4-7-15-31)21-23-36(40)37-24-22-34(28-41(37)57)52-45(59)39-20-12-26-56(39)47(61)43(54-49(63)65-3)32-16-8-5-9-17-32/h4-10,13-18,21-24,27-28,38-39,42-43H,11-12,19-20,25-26,29H2,1-3H3,(H,51,58)(H,52,59)(H,53,62)(H,54,63)/t38-,39-,42+,43+/m0/s1. The van der Waals surface area contributed by atoms with Crippen LogP contribution >= 0.6 is 0 Å². The second-order valence-electron chi connectivity index (χ2n) is 16.1. The molecule has 2 aliphatic heterocycles. The molecule has 6 amide bonds. The van der Waals surface area contributed by atoms with Gasteiger partial charge in [0.2, 0.25) is 11.8 Å². The van der Waals surface area contributed by atoms with Crippen LogP contribution in [0.2, 0.25) is 0 Å². The second-order valence-corrected chi connectivity index (χ2v) is 16.1. The number of amides is 6. The largest absolute Gasteiger partial charge is 0.453 e. The predicted molar refractivity (Wildman–Crippen MR) is 244 cm³/mol. The molecule has 4 atom stereocenters. The summed E-state index contributed by atoms with van der Waals surface area (Å²) in [5.74, 6) is -1.54. The minimum atomic E-state index is -1.05. The predicted octanol–water partition coefficient (Wildman–Crippen LogP) is 6.60. The van der Waals surface area contributed by atoms with E-state index >= 15 is 0 Å². The number of benzene rings is 4. The zero-order chi connectivity index (χ0) is 45.6. The Morgan fingerprint density at radius 3 is 1.51 bits per heavy atom. The molecule has 0 aliphatic carbocycles. The monoisotopic (exact) mass is 878 g/mol. The van der Waals surface area contributed by atoms with Crippen LogP contribution in [0.25, 0.3) is 21.8 Å². The first-order valence-corrected chi connectivity index (χ1v) is 21.5. The third-order valence-electron chi connectivity index (χ3n) is 12.0. The number of nitrogens with one attached hydrogen (secondary N) is 4. The first-order chi connectivity index (χ1) is 31.5. The maximum absolute atomic E-state index is 14.1. The fourth-order valence-electron chi connectivity index (χ4n) is 8.88. The number of hydrogen-bond donors (Lipinski definition) is 4. The lowest BCUT2D eigenvalue weighted by Gasteiger charge is -2.28. The molecule has 2 fully saturated rings. The van der Waals surface area contributed by atoms with Crippen LogP contribution < -0.4 is 21.3 Å². The summed E-state index contributed by atoms with van der Waals surface area (Å²) in [4.78, 5) is 88.6. The van der Waals surface area contributed by atoms with E-state index in [9.17, 15) is 28.8 Å². The molecule has 0 spiro atoms. The normalized spacial score (nSPS) is 16.7. The number of alkyl carbamates (subject to hydrolysis) is 2. The Morgan fingerprint density at radius 1 is 0.615 bits per heavy atom. The summed E-state index contributed by atoms with van der Waals surface area (Å²) < 4.78 is 11.7. The van der Waals surface area contributed by atoms with E-state index in [0.717, 1.165) is 33.2 Å². The van der Waals surface area contributed by atoms with Gasteiger partial charge in [0.15, 0.2) is 0 Å². The smallest absolute Gasteiger partial charge is 0.407 e. The fraction of sp³-hybridized carbons (Fsp3) is 0.286. The van der Waals surface area contributed by atoms with Gasteiger partial charge in [-0.2, -0.15) is 0 Å². The maximum Gasteiger partial charge on any atom is 0.407 e. The van der Waals surface area contributed by atoms with Crippen molar-refractivity contribution in [3.05, 3.63) is 138 Å². The molecular formula is C49H50N8O8. The molecule has 0 saturated carbocycles. The van der Waals surface area contributed by atoms with E-state index in [1.54, 1.807) is 48.5 Å². The van der Waals surface area contributed by atoms with Crippen molar-refractivity contribution in [1.82, 2.24) is 30.0 Å². The summed E-state index contributed by atoms with van der Waals surface area (Å²) in [5.41, 5.74) is 5.42. The number of hydrogen-bond acceptors (Lipinski definition) is 9. The molecule has 2 aliphatic rings. The zero-order valence-electron chi connectivity index (χ0n) is 36.3. The summed E-state index contributed by atoms with van der Waals surface area (Å²) >= 11 is 0. The van der Waals surface area contributed by atoms with Gasteiger partial charge >= 0.3 is 12.2 Å². The van der Waals surface area contributed by atoms with Crippen molar-refractivity contribution < 1.29 is 38.2 Å². The van der Waals surface area contributed by atoms with E-state index < -0.39 is 48.2 Å². The van der Waals surface area contributed by atoms with Gasteiger partial charge in [0.25, 0.3) is 11.8 Å². The first kappa shape index (κ1) is 43.9. The number of pyridine rings is 1. The summed E-state index contributed by atoms with van der Waals surface area (Å²) in [6, 6.07) is 31.1. The Kier molecular flexibility index (Phi) is 13.0. The van der Waals surface area contributed by atoms with E-state index in [1.165, 1.54) is 24.0 Å². The molecule has 0 unspecified atom stereocenters. The number of rotatable bonds is 12. The quantitative estimate of drug-likeness (QED) is 0.105. The summed E-state index contributed by atoms with van der Waals surface area (Å²) in [6.07, 6.45) is 0.574. The van der Waals surface area contributed by atoms with Crippen LogP contribution in [0.4, 0.5) is 21.0 Å². The SMILES string of the molecule is COC(=O)N[C@@H](C(=O)N1CCC[C@H]1C(=O)Nc1ccc2c3ccc(NC(=O)[C@@H]4CCCN4C(=O)[C@H](NC(=O)OC)c4ccccc4)cc3n(Cc3cccc(C)n3)c2c1)c1ccccc1. The topological polar surface area (TPSA) is 193 Å². The summed E-state index contributed by atoms with van der Waals surface area (Å²) in [7, 11) is 2.46. The highest BCUT2D eigenvalue weighted by atomic mass is 16.5. The molecule has 8 rings (SSSR count). The number of carbonyl (C=O) groups excluding carboxylic acids is 6. The van der Waals surface area contributed by atoms with Crippen LogP contribution in [0.3, 0.4) is 0 Å². The third-order valence-corrected chi connectivity index (χ3v) is 12.0. The highest BCUT2D eigenvalue weighted by Gasteiger charge is 2.40. The number of likely N-dealkylation sites (tertiary alicyclic amines) is 2. The van der Waals surface area contributed by atoms with Crippen molar-refractivity contribution in [2.45, 2.75) is 63.3 Å². The number of methoxy groups -OCH3 is 2. The lowest BCUT2D eigenvalue weighted by molar-refractivity contribution is -0.138. The van der Waals surface area contributed by atoms with Crippen molar-refractivity contribution in [2.24, 2.45) is 0 Å². The van der Waals surface area contributed by atoms with E-state index in [1.807, 2.05) is 73.7 Å². The van der Waals surface area contributed by atoms with Crippen LogP contribution in [-0.2, 0) is 35.2 Å². The molecule has 0 bridgehead atoms. The Morgan fingerprint density at radius 2 is 1.08 bits per heavy atom. The van der Waals surface area contributed by atoms with Crippen molar-refractivity contribution in [3.8, 4) is 0 Å². The average Bonchev–Trinajstić information content (AvgIpc) is 4.09. The first-order valence-electron chi connectivity index (χ1n) is 21.5. The molecule has 65 heavy (non-hydrogen) atoms. The molecule has 16 nitrogen and oxygen atoms in total. The minimum absolute atomic E-state index is 0.342. The molecule has 334 valence electrons. The lowest BCUT2D eigenvalue weighted by atomic mass is 10.0. The van der Waals surface area contributed by atoms with Gasteiger partial charge in [-0.1, -0.05) is 78.9 Å². The van der Waals surface area contributed by atoms with Gasteiger partial charge in [0, 0.05) is 40.9 Å². The number of aryl methyl sites for hydroxylation is 1. The van der Waals surface area contributed by atoms with Crippen LogP contribution in [0.5, 0.6) is 0 Å². The van der Waals surface area contributed by atoms with Gasteiger partial charge in [-0.25, -0.2) is 9.59 Å². The number of carbonyl (C=O) groups is 6. The van der Waals surface area contributed by atoms with Crippen LogP contribution in [0.1, 0.15) is 60.3 Å². The number of ether oxygens (including phenoxy) is 2. The number of anilines is 2. The van der Waals surface area contributed by atoms with Gasteiger partial charge in [0.1, 0.15) is 24.2 Å². The van der Waals surface area contributed by atoms with E-state index in [-0.39, 0.29) is 11.8 Å². The summed E-state index contributed by atoms with van der Waals surface area (Å²) in [6.45, 7) is 2.98. The van der Waals surface area contributed by atoms with Crippen LogP contribution in [0, 0.1) is 6.92 Å². The number of aromatic nitrogens is 2. The molecular weight excluding hydrogens is 829 g/mol. The maximum atomic E-state index is 14.1. The molecule has 2 saturated heterocycles. The molecule has 0 radical (unpaired) electrons. The third kappa shape index (κ3) is 9.47. The number of nitrogens with zero attached hydrogens (tertiary/aromatic N) is 4. The average molecular weight is 879 g/mol. The Labute approximate surface area is 375 Å². The molecule has 4 heterocycles. The molecule has 2 aromatic heterocycles. The Hall–Kier alpha value is -7.75.